The van der Waals surface area contributed by atoms with Gasteiger partial charge >= 0.3 is 0 Å². The number of rotatable bonds is 6. The monoisotopic (exact) mass is 249 g/mol. The van der Waals surface area contributed by atoms with Crippen molar-refractivity contribution in [2.75, 3.05) is 12.8 Å². The number of aryl methyl sites for hydroxylation is 1. The van der Waals surface area contributed by atoms with Crippen LogP contribution in [-0.4, -0.2) is 24.1 Å². The summed E-state index contributed by atoms with van der Waals surface area (Å²) < 4.78 is 0. The SMILES string of the molecule is CSC1CCC(NCCCc2ccccc2)C1. The van der Waals surface area contributed by atoms with Gasteiger partial charge < -0.3 is 5.32 Å². The van der Waals surface area contributed by atoms with Crippen LogP contribution in [0, 0.1) is 0 Å². The first-order valence-corrected chi connectivity index (χ1v) is 7.97. The quantitative estimate of drug-likeness (QED) is 0.775. The van der Waals surface area contributed by atoms with Gasteiger partial charge in [-0.1, -0.05) is 30.3 Å². The lowest BCUT2D eigenvalue weighted by atomic mass is 10.1. The van der Waals surface area contributed by atoms with Crippen molar-refractivity contribution >= 4 is 11.8 Å². The molecule has 0 saturated heterocycles. The number of benzene rings is 1. The van der Waals surface area contributed by atoms with E-state index in [0.29, 0.717) is 0 Å². The van der Waals surface area contributed by atoms with Gasteiger partial charge in [-0.15, -0.1) is 0 Å². The van der Waals surface area contributed by atoms with Gasteiger partial charge in [0.05, 0.1) is 0 Å². The van der Waals surface area contributed by atoms with Crippen LogP contribution in [0.5, 0.6) is 0 Å². The van der Waals surface area contributed by atoms with Gasteiger partial charge in [-0.25, -0.2) is 0 Å². The van der Waals surface area contributed by atoms with Crippen LogP contribution < -0.4 is 5.32 Å². The Labute approximate surface area is 109 Å². The Morgan fingerprint density at radius 3 is 2.76 bits per heavy atom. The number of hydrogen-bond donors (Lipinski definition) is 1. The third-order valence-corrected chi connectivity index (χ3v) is 4.73. The van der Waals surface area contributed by atoms with Gasteiger partial charge in [0.1, 0.15) is 0 Å². The summed E-state index contributed by atoms with van der Waals surface area (Å²) in [4.78, 5) is 0. The molecule has 1 saturated carbocycles. The van der Waals surface area contributed by atoms with Crippen LogP contribution >= 0.6 is 11.8 Å². The first-order chi connectivity index (χ1) is 8.38. The van der Waals surface area contributed by atoms with Crippen molar-refractivity contribution in [3.8, 4) is 0 Å². The fourth-order valence-corrected chi connectivity index (χ4v) is 3.38. The molecule has 1 fully saturated rings. The Morgan fingerprint density at radius 2 is 2.06 bits per heavy atom. The van der Waals surface area contributed by atoms with E-state index in [1.165, 1.54) is 44.2 Å². The lowest BCUT2D eigenvalue weighted by molar-refractivity contribution is 0.516. The number of nitrogens with one attached hydrogen (secondary N) is 1. The summed E-state index contributed by atoms with van der Waals surface area (Å²) in [5.74, 6) is 0. The first kappa shape index (κ1) is 13.0. The molecule has 1 nitrogen and oxygen atoms in total. The highest BCUT2D eigenvalue weighted by Gasteiger charge is 2.22. The molecule has 1 aliphatic carbocycles. The van der Waals surface area contributed by atoms with Gasteiger partial charge in [0, 0.05) is 11.3 Å². The number of thioether (sulfide) groups is 1. The van der Waals surface area contributed by atoms with E-state index in [2.05, 4.69) is 41.9 Å². The summed E-state index contributed by atoms with van der Waals surface area (Å²) in [6.07, 6.45) is 8.83. The van der Waals surface area contributed by atoms with Gasteiger partial charge in [-0.3, -0.25) is 0 Å². The topological polar surface area (TPSA) is 12.0 Å². The highest BCUT2D eigenvalue weighted by atomic mass is 32.2. The van der Waals surface area contributed by atoms with E-state index in [1.54, 1.807) is 0 Å². The molecule has 0 heterocycles. The van der Waals surface area contributed by atoms with Gasteiger partial charge in [0.25, 0.3) is 0 Å². The molecule has 0 amide bonds. The van der Waals surface area contributed by atoms with E-state index < -0.39 is 0 Å². The molecule has 0 spiro atoms. The predicted molar refractivity (Wildman–Crippen MR) is 77.7 cm³/mol. The molecule has 94 valence electrons. The average Bonchev–Trinajstić information content (AvgIpc) is 2.84. The van der Waals surface area contributed by atoms with Gasteiger partial charge in [-0.05, 0) is 50.5 Å². The van der Waals surface area contributed by atoms with Crippen LogP contribution in [0.1, 0.15) is 31.2 Å². The summed E-state index contributed by atoms with van der Waals surface area (Å²) >= 11 is 2.03. The zero-order valence-corrected chi connectivity index (χ0v) is 11.5. The molecule has 0 radical (unpaired) electrons. The van der Waals surface area contributed by atoms with Crippen molar-refractivity contribution in [1.29, 1.82) is 0 Å². The molecule has 2 rings (SSSR count). The van der Waals surface area contributed by atoms with E-state index in [4.69, 9.17) is 0 Å². The Balaban J connectivity index is 1.58. The lowest BCUT2D eigenvalue weighted by Gasteiger charge is -2.12. The Hall–Kier alpha value is -0.470. The second-order valence-corrected chi connectivity index (χ2v) is 6.05. The first-order valence-electron chi connectivity index (χ1n) is 6.68. The number of hydrogen-bond acceptors (Lipinski definition) is 2. The van der Waals surface area contributed by atoms with Crippen LogP contribution in [0.3, 0.4) is 0 Å². The molecule has 0 aliphatic heterocycles. The molecule has 1 aromatic rings. The second-order valence-electron chi connectivity index (χ2n) is 4.91. The van der Waals surface area contributed by atoms with Crippen molar-refractivity contribution in [1.82, 2.24) is 5.32 Å². The fraction of sp³-hybridized carbons (Fsp3) is 0.600. The van der Waals surface area contributed by atoms with Crippen molar-refractivity contribution in [2.24, 2.45) is 0 Å². The van der Waals surface area contributed by atoms with Gasteiger partial charge in [-0.2, -0.15) is 11.8 Å². The van der Waals surface area contributed by atoms with Gasteiger partial charge in [0.2, 0.25) is 0 Å². The molecule has 2 unspecified atom stereocenters. The van der Waals surface area contributed by atoms with Crippen LogP contribution in [0.4, 0.5) is 0 Å². The second kappa shape index (κ2) is 7.07. The maximum absolute atomic E-state index is 3.70. The molecule has 1 aliphatic rings. The third kappa shape index (κ3) is 4.36. The summed E-state index contributed by atoms with van der Waals surface area (Å²) in [5.41, 5.74) is 1.46. The molecule has 2 atom stereocenters. The minimum Gasteiger partial charge on any atom is -0.314 e. The maximum Gasteiger partial charge on any atom is 0.00779 e. The molecule has 1 N–H and O–H groups in total. The molecular formula is C15H23NS. The molecule has 17 heavy (non-hydrogen) atoms. The van der Waals surface area contributed by atoms with E-state index in [-0.39, 0.29) is 0 Å². The van der Waals surface area contributed by atoms with E-state index >= 15 is 0 Å². The zero-order valence-electron chi connectivity index (χ0n) is 10.7. The van der Waals surface area contributed by atoms with Crippen LogP contribution in [-0.2, 0) is 6.42 Å². The van der Waals surface area contributed by atoms with Gasteiger partial charge in [0.15, 0.2) is 0 Å². The fourth-order valence-electron chi connectivity index (χ4n) is 2.58. The zero-order chi connectivity index (χ0) is 11.9. The minimum atomic E-state index is 0.781. The molecule has 0 bridgehead atoms. The Kier molecular flexibility index (Phi) is 5.40. The average molecular weight is 249 g/mol. The molecule has 2 heteroatoms. The van der Waals surface area contributed by atoms with Crippen LogP contribution in [0.15, 0.2) is 30.3 Å². The van der Waals surface area contributed by atoms with E-state index in [0.717, 1.165) is 11.3 Å². The summed E-state index contributed by atoms with van der Waals surface area (Å²) in [5, 5.41) is 4.61. The molecular weight excluding hydrogens is 226 g/mol. The smallest absolute Gasteiger partial charge is 0.00779 e. The van der Waals surface area contributed by atoms with E-state index in [9.17, 15) is 0 Å². The van der Waals surface area contributed by atoms with E-state index in [1.807, 2.05) is 11.8 Å². The molecule has 0 aromatic heterocycles. The highest BCUT2D eigenvalue weighted by Crippen LogP contribution is 2.27. The summed E-state index contributed by atoms with van der Waals surface area (Å²) in [7, 11) is 0. The van der Waals surface area contributed by atoms with Crippen LogP contribution in [0.25, 0.3) is 0 Å². The Bertz CT molecular complexity index is 312. The van der Waals surface area contributed by atoms with Crippen molar-refractivity contribution in [3.63, 3.8) is 0 Å². The predicted octanol–water partition coefficient (Wildman–Crippen LogP) is 3.49. The maximum atomic E-state index is 3.70. The van der Waals surface area contributed by atoms with Crippen molar-refractivity contribution in [3.05, 3.63) is 35.9 Å². The highest BCUT2D eigenvalue weighted by molar-refractivity contribution is 7.99. The van der Waals surface area contributed by atoms with Crippen molar-refractivity contribution in [2.45, 2.75) is 43.4 Å². The van der Waals surface area contributed by atoms with Crippen LogP contribution in [0.2, 0.25) is 0 Å². The summed E-state index contributed by atoms with van der Waals surface area (Å²) in [6.45, 7) is 1.17. The normalized spacial score (nSPS) is 24.1. The minimum absolute atomic E-state index is 0.781. The third-order valence-electron chi connectivity index (χ3n) is 3.64. The summed E-state index contributed by atoms with van der Waals surface area (Å²) in [6, 6.07) is 11.6. The van der Waals surface area contributed by atoms with Crippen molar-refractivity contribution < 1.29 is 0 Å². The largest absolute Gasteiger partial charge is 0.314 e. The Morgan fingerprint density at radius 1 is 1.24 bits per heavy atom. The standard InChI is InChI=1S/C15H23NS/c1-17-15-10-9-14(12-15)16-11-5-8-13-6-3-2-4-7-13/h2-4,6-7,14-16H,5,8-12H2,1H3. The molecule has 1 aromatic carbocycles. The lowest BCUT2D eigenvalue weighted by Crippen LogP contribution is -2.27.